The van der Waals surface area contributed by atoms with Gasteiger partial charge in [0, 0.05) is 13.0 Å². The average Bonchev–Trinajstić information content (AvgIpc) is 3.00. The molecule has 2 heterocycles. The van der Waals surface area contributed by atoms with Crippen LogP contribution in [0.2, 0.25) is 10.2 Å². The lowest BCUT2D eigenvalue weighted by atomic mass is 10.1. The number of rotatable bonds is 6. The summed E-state index contributed by atoms with van der Waals surface area (Å²) in [5.74, 6) is 0.801. The van der Waals surface area contributed by atoms with Crippen molar-refractivity contribution in [2.45, 2.75) is 39.3 Å². The van der Waals surface area contributed by atoms with E-state index in [1.165, 1.54) is 0 Å². The first-order valence-corrected chi connectivity index (χ1v) is 7.52. The summed E-state index contributed by atoms with van der Waals surface area (Å²) in [6, 6.07) is 3.65. The molecule has 0 aliphatic carbocycles. The van der Waals surface area contributed by atoms with Crippen molar-refractivity contribution in [3.8, 4) is 0 Å². The van der Waals surface area contributed by atoms with Gasteiger partial charge in [-0.05, 0) is 44.1 Å². The summed E-state index contributed by atoms with van der Waals surface area (Å²) in [4.78, 5) is 0. The Hall–Kier alpha value is -0.970. The van der Waals surface area contributed by atoms with E-state index in [-0.39, 0.29) is 6.04 Å². The van der Waals surface area contributed by atoms with Crippen LogP contribution < -0.4 is 5.32 Å². The molecule has 0 saturated heterocycles. The van der Waals surface area contributed by atoms with Gasteiger partial charge in [0.15, 0.2) is 5.22 Å². The minimum absolute atomic E-state index is 0.0201. The van der Waals surface area contributed by atoms with Crippen LogP contribution in [0, 0.1) is 0 Å². The molecule has 0 fully saturated rings. The third-order valence-electron chi connectivity index (χ3n) is 3.38. The second-order valence-corrected chi connectivity index (χ2v) is 5.31. The van der Waals surface area contributed by atoms with Crippen LogP contribution in [0.5, 0.6) is 0 Å². The van der Waals surface area contributed by atoms with E-state index >= 15 is 0 Å². The minimum atomic E-state index is 0.0201. The fourth-order valence-corrected chi connectivity index (χ4v) is 2.76. The van der Waals surface area contributed by atoms with E-state index in [1.807, 2.05) is 17.8 Å². The Morgan fingerprint density at radius 1 is 1.35 bits per heavy atom. The van der Waals surface area contributed by atoms with Gasteiger partial charge in [-0.15, -0.1) is 0 Å². The number of hydrogen-bond acceptors (Lipinski definition) is 3. The van der Waals surface area contributed by atoms with Crippen molar-refractivity contribution in [3.05, 3.63) is 39.5 Å². The van der Waals surface area contributed by atoms with Crippen LogP contribution in [0.3, 0.4) is 0 Å². The summed E-state index contributed by atoms with van der Waals surface area (Å²) in [7, 11) is 1.89. The Morgan fingerprint density at radius 3 is 2.60 bits per heavy atom. The molecule has 2 aromatic rings. The topological polar surface area (TPSA) is 43.0 Å². The molecule has 4 nitrogen and oxygen atoms in total. The summed E-state index contributed by atoms with van der Waals surface area (Å²) in [5.41, 5.74) is 1.97. The van der Waals surface area contributed by atoms with E-state index in [9.17, 15) is 0 Å². The van der Waals surface area contributed by atoms with Crippen molar-refractivity contribution in [2.24, 2.45) is 0 Å². The first-order chi connectivity index (χ1) is 9.60. The average molecular weight is 316 g/mol. The minimum Gasteiger partial charge on any atom is -0.448 e. The summed E-state index contributed by atoms with van der Waals surface area (Å²) in [6.07, 6.45) is 1.54. The van der Waals surface area contributed by atoms with Crippen LogP contribution in [0.1, 0.15) is 37.0 Å². The molecule has 1 unspecified atom stereocenters. The van der Waals surface area contributed by atoms with Gasteiger partial charge in [0.1, 0.15) is 5.76 Å². The number of hydrogen-bond donors (Lipinski definition) is 1. The van der Waals surface area contributed by atoms with E-state index in [0.717, 1.165) is 35.1 Å². The normalized spacial score (nSPS) is 12.8. The smallest absolute Gasteiger partial charge is 0.193 e. The van der Waals surface area contributed by atoms with E-state index in [1.54, 1.807) is 6.07 Å². The zero-order chi connectivity index (χ0) is 14.7. The van der Waals surface area contributed by atoms with Gasteiger partial charge in [-0.25, -0.2) is 0 Å². The third kappa shape index (κ3) is 3.03. The van der Waals surface area contributed by atoms with Gasteiger partial charge in [-0.3, -0.25) is 4.68 Å². The molecule has 0 aliphatic rings. The van der Waals surface area contributed by atoms with Gasteiger partial charge in [0.05, 0.1) is 22.5 Å². The summed E-state index contributed by atoms with van der Waals surface area (Å²) >= 11 is 12.3. The molecule has 0 aliphatic heterocycles. The molecular formula is C14H19Cl2N3O. The Balaban J connectivity index is 2.29. The number of aromatic nitrogens is 2. The summed E-state index contributed by atoms with van der Waals surface area (Å²) in [6.45, 7) is 4.91. The number of nitrogens with zero attached hydrogens (tertiary/aromatic N) is 2. The number of furan rings is 1. The Kier molecular flexibility index (Phi) is 5.13. The highest BCUT2D eigenvalue weighted by molar-refractivity contribution is 6.31. The Labute approximate surface area is 129 Å². The first-order valence-electron chi connectivity index (χ1n) is 6.77. The summed E-state index contributed by atoms with van der Waals surface area (Å²) in [5, 5.41) is 8.92. The van der Waals surface area contributed by atoms with Crippen molar-refractivity contribution < 1.29 is 4.42 Å². The largest absolute Gasteiger partial charge is 0.448 e. The molecule has 0 amide bonds. The van der Waals surface area contributed by atoms with Gasteiger partial charge in [-0.1, -0.05) is 18.5 Å². The van der Waals surface area contributed by atoms with Gasteiger partial charge >= 0.3 is 0 Å². The number of halogens is 2. The molecule has 1 atom stereocenters. The molecule has 2 rings (SSSR count). The zero-order valence-corrected chi connectivity index (χ0v) is 13.4. The fourth-order valence-electron chi connectivity index (χ4n) is 2.27. The lowest BCUT2D eigenvalue weighted by Crippen LogP contribution is -2.20. The maximum atomic E-state index is 6.43. The molecule has 20 heavy (non-hydrogen) atoms. The van der Waals surface area contributed by atoms with Gasteiger partial charge in [-0.2, -0.15) is 5.10 Å². The number of aryl methyl sites for hydroxylation is 2. The van der Waals surface area contributed by atoms with Crippen LogP contribution >= 0.6 is 23.2 Å². The van der Waals surface area contributed by atoms with Crippen molar-refractivity contribution >= 4 is 23.2 Å². The monoisotopic (exact) mass is 315 g/mol. The lowest BCUT2D eigenvalue weighted by Gasteiger charge is -2.14. The SMILES string of the molecule is CCc1nn(CC)c(CC(NC)c2ccc(Cl)o2)c1Cl. The predicted octanol–water partition coefficient (Wildman–Crippen LogP) is 3.87. The second kappa shape index (κ2) is 6.66. The van der Waals surface area contributed by atoms with Crippen LogP contribution in [-0.4, -0.2) is 16.8 Å². The molecule has 0 spiro atoms. The molecule has 0 radical (unpaired) electrons. The van der Waals surface area contributed by atoms with Gasteiger partial charge in [0.25, 0.3) is 0 Å². The maximum absolute atomic E-state index is 6.43. The number of nitrogens with one attached hydrogen (secondary N) is 1. The Morgan fingerprint density at radius 2 is 2.10 bits per heavy atom. The van der Waals surface area contributed by atoms with Crippen molar-refractivity contribution in [2.75, 3.05) is 7.05 Å². The van der Waals surface area contributed by atoms with Gasteiger partial charge in [0.2, 0.25) is 0 Å². The molecule has 1 N–H and O–H groups in total. The van der Waals surface area contributed by atoms with E-state index in [0.29, 0.717) is 11.6 Å². The molecule has 2 aromatic heterocycles. The third-order valence-corrected chi connectivity index (χ3v) is 4.02. The quantitative estimate of drug-likeness (QED) is 0.880. The highest BCUT2D eigenvalue weighted by Gasteiger charge is 2.21. The van der Waals surface area contributed by atoms with Crippen LogP contribution in [0.25, 0.3) is 0 Å². The maximum Gasteiger partial charge on any atom is 0.193 e. The highest BCUT2D eigenvalue weighted by atomic mass is 35.5. The van der Waals surface area contributed by atoms with E-state index in [2.05, 4.69) is 24.3 Å². The molecule has 110 valence electrons. The van der Waals surface area contributed by atoms with Crippen LogP contribution in [-0.2, 0) is 19.4 Å². The van der Waals surface area contributed by atoms with Crippen molar-refractivity contribution in [1.29, 1.82) is 0 Å². The molecule has 0 aromatic carbocycles. The van der Waals surface area contributed by atoms with E-state index < -0.39 is 0 Å². The summed E-state index contributed by atoms with van der Waals surface area (Å²) < 4.78 is 7.44. The van der Waals surface area contributed by atoms with Crippen molar-refractivity contribution in [3.63, 3.8) is 0 Å². The zero-order valence-electron chi connectivity index (χ0n) is 11.9. The van der Waals surface area contributed by atoms with Gasteiger partial charge < -0.3 is 9.73 Å². The highest BCUT2D eigenvalue weighted by Crippen LogP contribution is 2.28. The molecule has 0 bridgehead atoms. The fraction of sp³-hybridized carbons (Fsp3) is 0.500. The molecular weight excluding hydrogens is 297 g/mol. The molecule has 6 heteroatoms. The second-order valence-electron chi connectivity index (χ2n) is 4.56. The predicted molar refractivity (Wildman–Crippen MR) is 81.5 cm³/mol. The van der Waals surface area contributed by atoms with Crippen molar-refractivity contribution in [1.82, 2.24) is 15.1 Å². The standard InChI is InChI=1S/C14H19Cl2N3O/c1-4-9-14(16)11(19(5-2)18-9)8-10(17-3)12-6-7-13(15)20-12/h6-7,10,17H,4-5,8H2,1-3H3. The Bertz CT molecular complexity index is 577. The van der Waals surface area contributed by atoms with Crippen LogP contribution in [0.4, 0.5) is 0 Å². The molecule has 0 saturated carbocycles. The first kappa shape index (κ1) is 15.4. The lowest BCUT2D eigenvalue weighted by molar-refractivity contribution is 0.422. The van der Waals surface area contributed by atoms with Crippen LogP contribution in [0.15, 0.2) is 16.5 Å². The van der Waals surface area contributed by atoms with E-state index in [4.69, 9.17) is 27.6 Å². The number of likely N-dealkylation sites (N-methyl/N-ethyl adjacent to an activating group) is 1.